The monoisotopic (exact) mass is 320 g/mol. The number of benzene rings is 1. The largest absolute Gasteiger partial charge is 0.507 e. The first-order chi connectivity index (χ1) is 11.1. The van der Waals surface area contributed by atoms with Gasteiger partial charge < -0.3 is 24.1 Å². The molecule has 1 aromatic rings. The van der Waals surface area contributed by atoms with Gasteiger partial charge in [0.1, 0.15) is 29.4 Å². The second kappa shape index (κ2) is 7.69. The van der Waals surface area contributed by atoms with Crippen molar-refractivity contribution in [1.82, 2.24) is 0 Å². The van der Waals surface area contributed by atoms with E-state index in [1.807, 2.05) is 12.2 Å². The Morgan fingerprint density at radius 3 is 2.74 bits per heavy atom. The smallest absolute Gasteiger partial charge is 0.341 e. The minimum Gasteiger partial charge on any atom is -0.507 e. The molecule has 23 heavy (non-hydrogen) atoms. The Labute approximate surface area is 134 Å². The van der Waals surface area contributed by atoms with Gasteiger partial charge in [0, 0.05) is 12.7 Å². The highest BCUT2D eigenvalue weighted by atomic mass is 16.5. The minimum atomic E-state index is -0.623. The van der Waals surface area contributed by atoms with Gasteiger partial charge in [0.2, 0.25) is 0 Å². The van der Waals surface area contributed by atoms with Gasteiger partial charge in [0.05, 0.1) is 20.3 Å². The highest BCUT2D eigenvalue weighted by Crippen LogP contribution is 2.26. The van der Waals surface area contributed by atoms with Crippen LogP contribution in [-0.2, 0) is 14.2 Å². The molecule has 6 heteroatoms. The maximum absolute atomic E-state index is 11.6. The van der Waals surface area contributed by atoms with Crippen molar-refractivity contribution in [2.24, 2.45) is 0 Å². The predicted octanol–water partition coefficient (Wildman–Crippen LogP) is 2.43. The lowest BCUT2D eigenvalue weighted by Gasteiger charge is -2.20. The molecule has 1 N–H and O–H groups in total. The summed E-state index contributed by atoms with van der Waals surface area (Å²) in [5.41, 5.74) is 0.915. The number of carbonyl (C=O) groups is 1. The molecular weight excluding hydrogens is 300 g/mol. The Morgan fingerprint density at radius 2 is 2.09 bits per heavy atom. The summed E-state index contributed by atoms with van der Waals surface area (Å²) in [6, 6.07) is 4.41. The molecule has 0 fully saturated rings. The molecule has 0 aromatic heterocycles. The highest BCUT2D eigenvalue weighted by molar-refractivity contribution is 5.92. The van der Waals surface area contributed by atoms with Crippen molar-refractivity contribution in [3.63, 3.8) is 0 Å². The van der Waals surface area contributed by atoms with E-state index in [0.29, 0.717) is 5.75 Å². The van der Waals surface area contributed by atoms with Gasteiger partial charge in [0.25, 0.3) is 0 Å². The quantitative estimate of drug-likeness (QED) is 0.812. The third-order valence-corrected chi connectivity index (χ3v) is 3.53. The van der Waals surface area contributed by atoms with Crippen molar-refractivity contribution >= 4 is 5.97 Å². The zero-order valence-corrected chi connectivity index (χ0v) is 13.4. The third kappa shape index (κ3) is 4.04. The van der Waals surface area contributed by atoms with Crippen LogP contribution in [0, 0.1) is 0 Å². The van der Waals surface area contributed by atoms with Gasteiger partial charge in [-0.05, 0) is 36.8 Å². The number of ether oxygens (including phenoxy) is 4. The van der Waals surface area contributed by atoms with Crippen LogP contribution in [0.1, 0.15) is 16.8 Å². The zero-order chi connectivity index (χ0) is 16.8. The van der Waals surface area contributed by atoms with Crippen LogP contribution in [0.4, 0.5) is 0 Å². The van der Waals surface area contributed by atoms with E-state index < -0.39 is 5.97 Å². The number of carbonyl (C=O) groups excluding carboxylic acids is 1. The van der Waals surface area contributed by atoms with Gasteiger partial charge in [-0.2, -0.15) is 0 Å². The summed E-state index contributed by atoms with van der Waals surface area (Å²) in [4.78, 5) is 11.6. The molecule has 1 unspecified atom stereocenters. The standard InChI is InChI=1S/C17H20O6/c1-20-12-5-7-16(21-2)11(8-12)10-23-13-4-6-15(18)14(9-13)17(19)22-3/h4,6-9,12,18H,5,10H2,1-3H3. The first-order valence-electron chi connectivity index (χ1n) is 7.11. The molecule has 0 aliphatic heterocycles. The minimum absolute atomic E-state index is 0.0158. The summed E-state index contributed by atoms with van der Waals surface area (Å²) in [5, 5.41) is 9.69. The van der Waals surface area contributed by atoms with Crippen molar-refractivity contribution in [1.29, 1.82) is 0 Å². The normalized spacial score (nSPS) is 17.1. The molecule has 0 saturated heterocycles. The van der Waals surface area contributed by atoms with E-state index in [4.69, 9.17) is 14.2 Å². The maximum Gasteiger partial charge on any atom is 0.341 e. The summed E-state index contributed by atoms with van der Waals surface area (Å²) in [6.07, 6.45) is 4.62. The summed E-state index contributed by atoms with van der Waals surface area (Å²) < 4.78 is 21.0. The molecule has 6 nitrogen and oxygen atoms in total. The molecule has 1 atom stereocenters. The second-order valence-corrected chi connectivity index (χ2v) is 4.93. The Kier molecular flexibility index (Phi) is 5.65. The average Bonchev–Trinajstić information content (AvgIpc) is 2.59. The van der Waals surface area contributed by atoms with Gasteiger partial charge in [-0.3, -0.25) is 0 Å². The molecule has 1 aliphatic rings. The van der Waals surface area contributed by atoms with E-state index >= 15 is 0 Å². The number of aromatic hydroxyl groups is 1. The Bertz CT molecular complexity index is 632. The molecule has 2 rings (SSSR count). The number of hydrogen-bond acceptors (Lipinski definition) is 6. The highest BCUT2D eigenvalue weighted by Gasteiger charge is 2.17. The van der Waals surface area contributed by atoms with Crippen LogP contribution >= 0.6 is 0 Å². The number of phenols is 1. The van der Waals surface area contributed by atoms with Crippen LogP contribution in [0.3, 0.4) is 0 Å². The summed E-state index contributed by atoms with van der Waals surface area (Å²) in [5.74, 6) is 0.407. The van der Waals surface area contributed by atoms with Crippen molar-refractivity contribution in [3.8, 4) is 11.5 Å². The van der Waals surface area contributed by atoms with Gasteiger partial charge in [-0.15, -0.1) is 0 Å². The topological polar surface area (TPSA) is 74.2 Å². The average molecular weight is 320 g/mol. The summed E-state index contributed by atoms with van der Waals surface area (Å²) >= 11 is 0. The Morgan fingerprint density at radius 1 is 1.30 bits per heavy atom. The zero-order valence-electron chi connectivity index (χ0n) is 13.4. The van der Waals surface area contributed by atoms with E-state index in [2.05, 4.69) is 4.74 Å². The van der Waals surface area contributed by atoms with Crippen molar-refractivity contribution in [3.05, 3.63) is 47.2 Å². The fraction of sp³-hybridized carbons (Fsp3) is 0.353. The van der Waals surface area contributed by atoms with Crippen LogP contribution in [0.15, 0.2) is 41.7 Å². The predicted molar refractivity (Wildman–Crippen MR) is 83.5 cm³/mol. The molecule has 124 valence electrons. The van der Waals surface area contributed by atoms with E-state index in [1.165, 1.54) is 19.2 Å². The van der Waals surface area contributed by atoms with E-state index in [-0.39, 0.29) is 24.0 Å². The molecule has 1 aromatic carbocycles. The number of esters is 1. The first kappa shape index (κ1) is 16.9. The van der Waals surface area contributed by atoms with E-state index in [1.54, 1.807) is 20.3 Å². The molecule has 1 aliphatic carbocycles. The first-order valence-corrected chi connectivity index (χ1v) is 7.11. The molecule has 0 spiro atoms. The number of methoxy groups -OCH3 is 3. The van der Waals surface area contributed by atoms with Crippen molar-refractivity contribution in [2.45, 2.75) is 12.5 Å². The van der Waals surface area contributed by atoms with Crippen LogP contribution in [0.2, 0.25) is 0 Å². The number of phenolic OH excluding ortho intramolecular Hbond substituents is 1. The maximum atomic E-state index is 11.6. The molecule has 0 heterocycles. The van der Waals surface area contributed by atoms with Crippen molar-refractivity contribution < 1.29 is 28.8 Å². The lowest BCUT2D eigenvalue weighted by atomic mass is 10.0. The number of hydrogen-bond donors (Lipinski definition) is 1. The van der Waals surface area contributed by atoms with Crippen LogP contribution in [0.25, 0.3) is 0 Å². The Balaban J connectivity index is 2.12. The van der Waals surface area contributed by atoms with Gasteiger partial charge in [-0.1, -0.05) is 0 Å². The van der Waals surface area contributed by atoms with Crippen LogP contribution < -0.4 is 4.74 Å². The van der Waals surface area contributed by atoms with Crippen LogP contribution in [0.5, 0.6) is 11.5 Å². The van der Waals surface area contributed by atoms with E-state index in [0.717, 1.165) is 17.8 Å². The summed E-state index contributed by atoms with van der Waals surface area (Å²) in [7, 11) is 4.50. The van der Waals surface area contributed by atoms with Crippen LogP contribution in [-0.4, -0.2) is 45.1 Å². The fourth-order valence-electron chi connectivity index (χ4n) is 2.27. The molecule has 0 amide bonds. The lowest BCUT2D eigenvalue weighted by molar-refractivity contribution is 0.0597. The molecule has 0 bridgehead atoms. The third-order valence-electron chi connectivity index (χ3n) is 3.53. The SMILES string of the molecule is COC(=O)c1cc(OCC2=CC(OC)CC=C2OC)ccc1O. The number of rotatable bonds is 6. The second-order valence-electron chi connectivity index (χ2n) is 4.93. The van der Waals surface area contributed by atoms with Crippen molar-refractivity contribution in [2.75, 3.05) is 27.9 Å². The molecule has 0 radical (unpaired) electrons. The molecular formula is C17H20O6. The van der Waals surface area contributed by atoms with Gasteiger partial charge >= 0.3 is 5.97 Å². The van der Waals surface area contributed by atoms with Gasteiger partial charge in [0.15, 0.2) is 0 Å². The van der Waals surface area contributed by atoms with E-state index in [9.17, 15) is 9.90 Å². The van der Waals surface area contributed by atoms with Gasteiger partial charge in [-0.25, -0.2) is 4.79 Å². The fourth-order valence-corrected chi connectivity index (χ4v) is 2.27. The Hall–Kier alpha value is -2.47. The molecule has 0 saturated carbocycles. The summed E-state index contributed by atoms with van der Waals surface area (Å²) in [6.45, 7) is 0.255. The lowest BCUT2D eigenvalue weighted by Crippen LogP contribution is -2.16.